The van der Waals surface area contributed by atoms with Crippen LogP contribution in [-0.2, 0) is 11.3 Å². The summed E-state index contributed by atoms with van der Waals surface area (Å²) in [6.45, 7) is 0.0922. The number of carbonyl (C=O) groups is 1. The summed E-state index contributed by atoms with van der Waals surface area (Å²) in [5.41, 5.74) is 1.53. The zero-order valence-corrected chi connectivity index (χ0v) is 10.4. The van der Waals surface area contributed by atoms with E-state index in [0.29, 0.717) is 5.75 Å². The van der Waals surface area contributed by atoms with Gasteiger partial charge in [0.2, 0.25) is 0 Å². The number of esters is 1. The minimum atomic E-state index is -0.705. The third-order valence-corrected chi connectivity index (χ3v) is 2.98. The second-order valence-electron chi connectivity index (χ2n) is 3.39. The van der Waals surface area contributed by atoms with Gasteiger partial charge in [0.1, 0.15) is 18.2 Å². The molecule has 2 aromatic rings. The smallest absolute Gasteiger partial charge is 0.341 e. The summed E-state index contributed by atoms with van der Waals surface area (Å²) in [5, 5.41) is 0. The Hall–Kier alpha value is -1.95. The van der Waals surface area contributed by atoms with Crippen molar-refractivity contribution in [3.63, 3.8) is 0 Å². The third kappa shape index (κ3) is 2.84. The summed E-state index contributed by atoms with van der Waals surface area (Å²) in [4.78, 5) is 16.3. The van der Waals surface area contributed by atoms with Gasteiger partial charge in [0.15, 0.2) is 0 Å². The Morgan fingerprint density at radius 1 is 1.50 bits per heavy atom. The molecule has 0 radical (unpaired) electrons. The number of hydrogen-bond donors (Lipinski definition) is 0. The standard InChI is InChI=1S/C12H10FNO3S/c1-16-8-2-3-10(11(13)4-8)12(15)17-6-9-5-14-7-18-9/h2-5,7H,6H2,1H3. The van der Waals surface area contributed by atoms with E-state index >= 15 is 0 Å². The molecular weight excluding hydrogens is 257 g/mol. The van der Waals surface area contributed by atoms with Crippen LogP contribution in [0.5, 0.6) is 5.75 Å². The van der Waals surface area contributed by atoms with E-state index in [9.17, 15) is 9.18 Å². The maximum atomic E-state index is 13.6. The van der Waals surface area contributed by atoms with Crippen molar-refractivity contribution < 1.29 is 18.7 Å². The van der Waals surface area contributed by atoms with Gasteiger partial charge in [-0.05, 0) is 12.1 Å². The Labute approximate surface area is 107 Å². The summed E-state index contributed by atoms with van der Waals surface area (Å²) in [5.74, 6) is -1.02. The summed E-state index contributed by atoms with van der Waals surface area (Å²) in [7, 11) is 1.43. The van der Waals surface area contributed by atoms with E-state index in [2.05, 4.69) is 4.98 Å². The van der Waals surface area contributed by atoms with Crippen molar-refractivity contribution in [2.24, 2.45) is 0 Å². The van der Waals surface area contributed by atoms with E-state index in [1.807, 2.05) is 0 Å². The Bertz CT molecular complexity index is 542. The Morgan fingerprint density at radius 3 is 2.94 bits per heavy atom. The number of methoxy groups -OCH3 is 1. The highest BCUT2D eigenvalue weighted by atomic mass is 32.1. The highest BCUT2D eigenvalue weighted by Crippen LogP contribution is 2.17. The number of thiazole rings is 1. The second-order valence-corrected chi connectivity index (χ2v) is 4.36. The molecular formula is C12H10FNO3S. The number of nitrogens with zero attached hydrogens (tertiary/aromatic N) is 1. The van der Waals surface area contributed by atoms with Crippen molar-refractivity contribution in [2.45, 2.75) is 6.61 Å². The molecule has 0 unspecified atom stereocenters. The van der Waals surface area contributed by atoms with Crippen molar-refractivity contribution in [2.75, 3.05) is 7.11 Å². The van der Waals surface area contributed by atoms with E-state index in [4.69, 9.17) is 9.47 Å². The summed E-state index contributed by atoms with van der Waals surface area (Å²) < 4.78 is 23.4. The Balaban J connectivity index is 2.04. The summed E-state index contributed by atoms with van der Waals surface area (Å²) >= 11 is 1.37. The minimum absolute atomic E-state index is 0.0922. The van der Waals surface area contributed by atoms with Crippen LogP contribution in [0.2, 0.25) is 0 Å². The van der Waals surface area contributed by atoms with Crippen molar-refractivity contribution in [3.05, 3.63) is 46.2 Å². The molecule has 6 heteroatoms. The van der Waals surface area contributed by atoms with Crippen molar-refractivity contribution in [1.29, 1.82) is 0 Å². The minimum Gasteiger partial charge on any atom is -0.497 e. The maximum Gasteiger partial charge on any atom is 0.341 e. The van der Waals surface area contributed by atoms with Crippen LogP contribution in [0.3, 0.4) is 0 Å². The number of halogens is 1. The van der Waals surface area contributed by atoms with Crippen molar-refractivity contribution >= 4 is 17.3 Å². The van der Waals surface area contributed by atoms with Gasteiger partial charge in [0, 0.05) is 12.3 Å². The average Bonchev–Trinajstić information content (AvgIpc) is 2.88. The number of hydrogen-bond acceptors (Lipinski definition) is 5. The topological polar surface area (TPSA) is 48.4 Å². The molecule has 1 aromatic carbocycles. The molecule has 0 aliphatic carbocycles. The van der Waals surface area contributed by atoms with E-state index in [1.54, 1.807) is 11.7 Å². The zero-order chi connectivity index (χ0) is 13.0. The van der Waals surface area contributed by atoms with E-state index in [-0.39, 0.29) is 12.2 Å². The molecule has 0 saturated heterocycles. The molecule has 1 aromatic heterocycles. The number of ether oxygens (including phenoxy) is 2. The lowest BCUT2D eigenvalue weighted by atomic mass is 10.2. The van der Waals surface area contributed by atoms with Gasteiger partial charge in [-0.2, -0.15) is 0 Å². The summed E-state index contributed by atoms with van der Waals surface area (Å²) in [6.07, 6.45) is 1.60. The lowest BCUT2D eigenvalue weighted by Gasteiger charge is -2.05. The molecule has 18 heavy (non-hydrogen) atoms. The first-order valence-electron chi connectivity index (χ1n) is 5.08. The van der Waals surface area contributed by atoms with Crippen molar-refractivity contribution in [3.8, 4) is 5.75 Å². The monoisotopic (exact) mass is 267 g/mol. The zero-order valence-electron chi connectivity index (χ0n) is 9.55. The van der Waals surface area contributed by atoms with Crippen LogP contribution < -0.4 is 4.74 Å². The number of benzene rings is 1. The van der Waals surface area contributed by atoms with Gasteiger partial charge in [-0.3, -0.25) is 4.98 Å². The van der Waals surface area contributed by atoms with Gasteiger partial charge >= 0.3 is 5.97 Å². The molecule has 0 spiro atoms. The first-order valence-corrected chi connectivity index (χ1v) is 5.96. The molecule has 94 valence electrons. The lowest BCUT2D eigenvalue weighted by molar-refractivity contribution is 0.0471. The van der Waals surface area contributed by atoms with Crippen LogP contribution in [-0.4, -0.2) is 18.1 Å². The molecule has 0 bridgehead atoms. The van der Waals surface area contributed by atoms with Gasteiger partial charge in [-0.15, -0.1) is 11.3 Å². The molecule has 4 nitrogen and oxygen atoms in total. The molecule has 0 fully saturated rings. The first kappa shape index (κ1) is 12.5. The Kier molecular flexibility index (Phi) is 3.88. The quantitative estimate of drug-likeness (QED) is 0.799. The van der Waals surface area contributed by atoms with Crippen LogP contribution in [0, 0.1) is 5.82 Å². The molecule has 0 aliphatic rings. The fourth-order valence-electron chi connectivity index (χ4n) is 1.32. The van der Waals surface area contributed by atoms with Gasteiger partial charge in [-0.1, -0.05) is 0 Å². The van der Waals surface area contributed by atoms with E-state index < -0.39 is 11.8 Å². The fourth-order valence-corrected chi connectivity index (χ4v) is 1.82. The molecule has 0 amide bonds. The second kappa shape index (κ2) is 5.59. The normalized spacial score (nSPS) is 10.1. The van der Waals surface area contributed by atoms with Gasteiger partial charge in [0.05, 0.1) is 23.1 Å². The fraction of sp³-hybridized carbons (Fsp3) is 0.167. The van der Waals surface area contributed by atoms with Crippen LogP contribution in [0.15, 0.2) is 29.9 Å². The van der Waals surface area contributed by atoms with Crippen LogP contribution in [0.1, 0.15) is 15.2 Å². The largest absolute Gasteiger partial charge is 0.497 e. The van der Waals surface area contributed by atoms with Crippen LogP contribution >= 0.6 is 11.3 Å². The molecule has 0 N–H and O–H groups in total. The van der Waals surface area contributed by atoms with Gasteiger partial charge in [0.25, 0.3) is 0 Å². The molecule has 0 atom stereocenters. The first-order chi connectivity index (χ1) is 8.70. The maximum absolute atomic E-state index is 13.6. The number of carbonyl (C=O) groups excluding carboxylic acids is 1. The highest BCUT2D eigenvalue weighted by Gasteiger charge is 2.14. The molecule has 1 heterocycles. The lowest BCUT2D eigenvalue weighted by Crippen LogP contribution is -2.07. The molecule has 0 saturated carbocycles. The average molecular weight is 267 g/mol. The van der Waals surface area contributed by atoms with E-state index in [1.165, 1.54) is 30.6 Å². The highest BCUT2D eigenvalue weighted by molar-refractivity contribution is 7.09. The van der Waals surface area contributed by atoms with Crippen LogP contribution in [0.25, 0.3) is 0 Å². The number of rotatable bonds is 4. The number of aromatic nitrogens is 1. The van der Waals surface area contributed by atoms with Crippen molar-refractivity contribution in [1.82, 2.24) is 4.98 Å². The Morgan fingerprint density at radius 2 is 2.33 bits per heavy atom. The van der Waals surface area contributed by atoms with E-state index in [0.717, 1.165) is 10.9 Å². The predicted molar refractivity (Wildman–Crippen MR) is 64.2 cm³/mol. The predicted octanol–water partition coefficient (Wildman–Crippen LogP) is 2.65. The van der Waals surface area contributed by atoms with Gasteiger partial charge in [-0.25, -0.2) is 9.18 Å². The third-order valence-electron chi connectivity index (χ3n) is 2.23. The summed E-state index contributed by atoms with van der Waals surface area (Å²) in [6, 6.07) is 3.98. The molecule has 0 aliphatic heterocycles. The molecule has 2 rings (SSSR count). The van der Waals surface area contributed by atoms with Crippen LogP contribution in [0.4, 0.5) is 4.39 Å². The van der Waals surface area contributed by atoms with Gasteiger partial charge < -0.3 is 9.47 Å². The SMILES string of the molecule is COc1ccc(C(=O)OCc2cncs2)c(F)c1.